The van der Waals surface area contributed by atoms with Gasteiger partial charge >= 0.3 is 17.6 Å². The van der Waals surface area contributed by atoms with Gasteiger partial charge in [0.2, 0.25) is 5.60 Å². The third kappa shape index (κ3) is 6.93. The van der Waals surface area contributed by atoms with Gasteiger partial charge in [-0.05, 0) is 32.9 Å². The van der Waals surface area contributed by atoms with Crippen molar-refractivity contribution in [3.05, 3.63) is 55.3 Å². The first-order chi connectivity index (χ1) is 24.9. The molecule has 0 radical (unpaired) electrons. The minimum atomic E-state index is -1.81. The lowest BCUT2D eigenvalue weighted by Gasteiger charge is -2.51. The minimum Gasteiger partial charge on any atom is -0.504 e. The van der Waals surface area contributed by atoms with E-state index in [1.807, 2.05) is 0 Å². The summed E-state index contributed by atoms with van der Waals surface area (Å²) in [5.41, 5.74) is 2.17. The second-order valence-corrected chi connectivity index (χ2v) is 15.8. The molecule has 0 unspecified atom stereocenters. The third-order valence-corrected chi connectivity index (χ3v) is 11.7. The number of anilines is 1. The number of carboxylic acid groups (broad SMARTS) is 2. The van der Waals surface area contributed by atoms with Crippen molar-refractivity contribution in [2.24, 2.45) is 5.16 Å². The van der Waals surface area contributed by atoms with Crippen LogP contribution in [0.4, 0.5) is 5.13 Å². The van der Waals surface area contributed by atoms with Gasteiger partial charge < -0.3 is 45.3 Å². The average molecular weight is 775 g/mol. The number of quaternary nitrogens is 1. The van der Waals surface area contributed by atoms with Crippen molar-refractivity contribution in [3.8, 4) is 11.5 Å². The number of aromatic nitrogens is 2. The van der Waals surface area contributed by atoms with E-state index in [4.69, 9.17) is 15.1 Å². The van der Waals surface area contributed by atoms with Crippen LogP contribution in [0.3, 0.4) is 0 Å². The van der Waals surface area contributed by atoms with Gasteiger partial charge in [0, 0.05) is 29.0 Å². The number of thiazole rings is 1. The van der Waals surface area contributed by atoms with E-state index in [9.17, 15) is 49.2 Å². The number of hydrogen-bond acceptors (Lipinski definition) is 15. The van der Waals surface area contributed by atoms with Gasteiger partial charge in [-0.15, -0.1) is 23.1 Å². The van der Waals surface area contributed by atoms with E-state index in [0.717, 1.165) is 46.0 Å². The number of phenolic OH excluding ortho intramolecular Hbond substituents is 2. The van der Waals surface area contributed by atoms with E-state index in [-0.39, 0.29) is 46.9 Å². The summed E-state index contributed by atoms with van der Waals surface area (Å²) in [6, 6.07) is 0.789. The molecule has 6 rings (SSSR count). The highest BCUT2D eigenvalue weighted by atomic mass is 32.2. The summed E-state index contributed by atoms with van der Waals surface area (Å²) in [7, 11) is 0. The standard InChI is InChI=1S/C32H35N7O12S2/c1-14-17(12-39(7-4-5-8-39)9-6-37-25(43)15-10-19(40)20(41)11-16(15)29(47)50-37)23(28(45)46)38-26(44)22(27(38)53-14)35-24(42)21(18-13-52-31(33)34-18)36-51-32(2,3)30(48)49/h10-11,13-14,22,27H,4-9,12H2,1-3H3,(H6-,33,34,35,36,40,41,42,43,45,46,47,48,49)/p+1/t14-,22+,27+/m0/s1. The fourth-order valence-corrected chi connectivity index (χ4v) is 8.58. The van der Waals surface area contributed by atoms with Crippen molar-refractivity contribution in [1.82, 2.24) is 19.9 Å². The summed E-state index contributed by atoms with van der Waals surface area (Å²) in [5, 5.41) is 45.9. The number of carbonyl (C=O) groups excluding carboxylic acids is 2. The molecule has 3 atom stereocenters. The number of likely N-dealkylation sites (tertiary alicyclic amines) is 1. The van der Waals surface area contributed by atoms with Gasteiger partial charge in [-0.3, -0.25) is 19.3 Å². The fourth-order valence-electron chi connectivity index (χ4n) is 6.59. The number of aromatic hydroxyl groups is 2. The van der Waals surface area contributed by atoms with Gasteiger partial charge in [-0.1, -0.05) is 5.16 Å². The van der Waals surface area contributed by atoms with Crippen LogP contribution in [0.2, 0.25) is 0 Å². The number of nitrogens with two attached hydrogens (primary N) is 1. The lowest BCUT2D eigenvalue weighted by atomic mass is 9.99. The van der Waals surface area contributed by atoms with Gasteiger partial charge in [-0.25, -0.2) is 19.4 Å². The van der Waals surface area contributed by atoms with Crippen LogP contribution in [0, 0.1) is 0 Å². The Labute approximate surface area is 307 Å². The summed E-state index contributed by atoms with van der Waals surface area (Å²) in [4.78, 5) is 87.7. The number of carboxylic acids is 2. The first-order valence-corrected chi connectivity index (χ1v) is 18.2. The number of β-lactam (4-membered cyclic amide) rings is 1. The van der Waals surface area contributed by atoms with Crippen LogP contribution < -0.4 is 22.2 Å². The van der Waals surface area contributed by atoms with Gasteiger partial charge in [0.25, 0.3) is 17.4 Å². The van der Waals surface area contributed by atoms with Crippen molar-refractivity contribution >= 4 is 68.5 Å². The second-order valence-electron chi connectivity index (χ2n) is 13.5. The summed E-state index contributed by atoms with van der Waals surface area (Å²) < 4.78 is 6.50. The number of carbonyl (C=O) groups is 4. The van der Waals surface area contributed by atoms with E-state index in [2.05, 4.69) is 15.5 Å². The van der Waals surface area contributed by atoms with Crippen LogP contribution in [-0.4, -0.2) is 117 Å². The Morgan fingerprint density at radius 1 is 1.13 bits per heavy atom. The van der Waals surface area contributed by atoms with Gasteiger partial charge in [0.05, 0.1) is 23.9 Å². The molecule has 0 spiro atoms. The number of nitrogen functional groups attached to an aromatic ring is 1. The van der Waals surface area contributed by atoms with Gasteiger partial charge in [0.15, 0.2) is 22.3 Å². The summed E-state index contributed by atoms with van der Waals surface area (Å²) in [6.45, 7) is 5.92. The zero-order valence-electron chi connectivity index (χ0n) is 28.6. The molecule has 2 saturated heterocycles. The Hall–Kier alpha value is -5.41. The number of nitrogens with one attached hydrogen (secondary N) is 1. The molecule has 21 heteroatoms. The maximum atomic E-state index is 13.6. The Morgan fingerprint density at radius 2 is 1.79 bits per heavy atom. The predicted octanol–water partition coefficient (Wildman–Crippen LogP) is 0.426. The van der Waals surface area contributed by atoms with Crippen molar-refractivity contribution < 1.29 is 53.4 Å². The number of thioether (sulfide) groups is 1. The molecule has 0 saturated carbocycles. The molecular weight excluding hydrogens is 739 g/mol. The summed E-state index contributed by atoms with van der Waals surface area (Å²) in [5.74, 6) is -5.44. The number of amides is 2. The SMILES string of the molecule is C[C@@H]1S[C@@H]2[C@H](NC(=O)/C(=N\OC(C)(C)C(=O)O)c3csc(N)n3)C(=O)N2C(C(=O)O)=C1C[N+]1(CCn2oc(=O)c3cc(O)c(O)cc3c2=O)CCCC1. The monoisotopic (exact) mass is 774 g/mol. The molecule has 1 aromatic carbocycles. The first-order valence-electron chi connectivity index (χ1n) is 16.3. The molecule has 0 aliphatic carbocycles. The number of nitrogens with zero attached hydrogens (tertiary/aromatic N) is 5. The van der Waals surface area contributed by atoms with Crippen LogP contribution in [0.1, 0.15) is 39.3 Å². The molecule has 5 heterocycles. The van der Waals surface area contributed by atoms with Crippen molar-refractivity contribution in [2.75, 3.05) is 31.9 Å². The Kier molecular flexibility index (Phi) is 9.77. The maximum Gasteiger partial charge on any atom is 0.364 e. The molecule has 2 amide bonds. The summed E-state index contributed by atoms with van der Waals surface area (Å²) >= 11 is 2.27. The molecule has 2 aromatic heterocycles. The molecular formula is C32H36N7O12S2+. The maximum absolute atomic E-state index is 13.6. The number of fused-ring (bicyclic) bond motifs is 2. The smallest absolute Gasteiger partial charge is 0.364 e. The molecule has 3 aliphatic heterocycles. The first kappa shape index (κ1) is 37.4. The topological polar surface area (TPSA) is 277 Å². The molecule has 19 nitrogen and oxygen atoms in total. The van der Waals surface area contributed by atoms with Crippen LogP contribution in [0.15, 0.2) is 48.1 Å². The second kappa shape index (κ2) is 13.9. The Balaban J connectivity index is 1.24. The fraction of sp³-hybridized carbons (Fsp3) is 0.438. The van der Waals surface area contributed by atoms with Crippen molar-refractivity contribution in [1.29, 1.82) is 0 Å². The van der Waals surface area contributed by atoms with Gasteiger partial charge in [0.1, 0.15) is 42.4 Å². The highest BCUT2D eigenvalue weighted by molar-refractivity contribution is 8.00. The van der Waals surface area contributed by atoms with E-state index in [1.165, 1.54) is 31.0 Å². The number of oxime groups is 1. The van der Waals surface area contributed by atoms with Crippen LogP contribution >= 0.6 is 23.1 Å². The number of rotatable bonds is 12. The van der Waals surface area contributed by atoms with Crippen molar-refractivity contribution in [3.63, 3.8) is 0 Å². The van der Waals surface area contributed by atoms with Crippen LogP contribution in [0.5, 0.6) is 11.5 Å². The quantitative estimate of drug-likeness (QED) is 0.0479. The summed E-state index contributed by atoms with van der Waals surface area (Å²) in [6.07, 6.45) is 1.62. The molecule has 7 N–H and O–H groups in total. The Bertz CT molecular complexity index is 2220. The van der Waals surface area contributed by atoms with E-state index < -0.39 is 74.4 Å². The van der Waals surface area contributed by atoms with E-state index in [1.54, 1.807) is 6.92 Å². The Morgan fingerprint density at radius 3 is 2.40 bits per heavy atom. The molecule has 53 heavy (non-hydrogen) atoms. The number of benzene rings is 1. The predicted molar refractivity (Wildman–Crippen MR) is 189 cm³/mol. The lowest BCUT2D eigenvalue weighted by molar-refractivity contribution is -0.913. The van der Waals surface area contributed by atoms with Crippen molar-refractivity contribution in [2.45, 2.75) is 62.4 Å². The molecule has 3 aromatic rings. The molecule has 3 aliphatic rings. The minimum absolute atomic E-state index is 0.0183. The highest BCUT2D eigenvalue weighted by Gasteiger charge is 2.57. The zero-order chi connectivity index (χ0) is 38.6. The highest BCUT2D eigenvalue weighted by Crippen LogP contribution is 2.45. The number of phenols is 2. The molecule has 282 valence electrons. The molecule has 2 fully saturated rings. The van der Waals surface area contributed by atoms with Crippen LogP contribution in [0.25, 0.3) is 10.8 Å². The van der Waals surface area contributed by atoms with E-state index >= 15 is 0 Å². The average Bonchev–Trinajstić information content (AvgIpc) is 3.75. The number of hydrogen-bond donors (Lipinski definition) is 6. The normalized spacial score (nSPS) is 21.3. The zero-order valence-corrected chi connectivity index (χ0v) is 30.2. The molecule has 0 bridgehead atoms. The lowest BCUT2D eigenvalue weighted by Crippen LogP contribution is -2.71. The van der Waals surface area contributed by atoms with Gasteiger partial charge in [-0.2, -0.15) is 4.74 Å². The third-order valence-electron chi connectivity index (χ3n) is 9.55. The largest absolute Gasteiger partial charge is 0.504 e. The number of aliphatic carboxylic acids is 2. The van der Waals surface area contributed by atoms with E-state index in [0.29, 0.717) is 23.1 Å². The van der Waals surface area contributed by atoms with Crippen LogP contribution in [-0.2, 0) is 30.6 Å².